The smallest absolute Gasteiger partial charge is 0.343 e. The molecule has 1 aliphatic rings. The molecule has 4 N–H and O–H groups in total. The van der Waals surface area contributed by atoms with Crippen molar-refractivity contribution in [3.63, 3.8) is 0 Å². The van der Waals surface area contributed by atoms with Gasteiger partial charge in [-0.15, -0.1) is 11.8 Å². The van der Waals surface area contributed by atoms with Crippen LogP contribution in [0.3, 0.4) is 0 Å². The normalized spacial score (nSPS) is 14.1. The first-order valence-electron chi connectivity index (χ1n) is 13.2. The second kappa shape index (κ2) is 14.4. The van der Waals surface area contributed by atoms with Crippen LogP contribution < -0.4 is 21.4 Å². The third kappa shape index (κ3) is 9.16. The summed E-state index contributed by atoms with van der Waals surface area (Å²) < 4.78 is 40.2. The Morgan fingerprint density at radius 1 is 1.02 bits per heavy atom. The van der Waals surface area contributed by atoms with Crippen LogP contribution in [0.1, 0.15) is 67.4 Å². The fourth-order valence-electron chi connectivity index (χ4n) is 4.45. The second-order valence-corrected chi connectivity index (χ2v) is 10.8. The van der Waals surface area contributed by atoms with Gasteiger partial charge in [-0.2, -0.15) is 13.2 Å². The van der Waals surface area contributed by atoms with Gasteiger partial charge in [-0.1, -0.05) is 31.4 Å². The fraction of sp³-hybridized carbons (Fsp3) is 0.464. The average molecular weight is 580 g/mol. The number of nitrogens with one attached hydrogen (secondary N) is 4. The third-order valence-corrected chi connectivity index (χ3v) is 7.22. The minimum absolute atomic E-state index is 0.0610. The molecule has 1 aliphatic carbocycles. The molecule has 0 atom stereocenters. The Hall–Kier alpha value is -3.25. The molecular weight excluding hydrogens is 543 g/mol. The summed E-state index contributed by atoms with van der Waals surface area (Å²) in [5, 5.41) is 8.98. The number of carbonyl (C=O) groups is 3. The van der Waals surface area contributed by atoms with Crippen molar-refractivity contribution < 1.29 is 27.6 Å². The number of urea groups is 1. The lowest BCUT2D eigenvalue weighted by molar-refractivity contribution is -0.138. The van der Waals surface area contributed by atoms with Gasteiger partial charge in [0, 0.05) is 23.5 Å². The largest absolute Gasteiger partial charge is 0.416 e. The number of hydrogen-bond donors (Lipinski definition) is 4. The Balaban J connectivity index is 1.74. The van der Waals surface area contributed by atoms with E-state index >= 15 is 0 Å². The van der Waals surface area contributed by atoms with Gasteiger partial charge in [0.1, 0.15) is 0 Å². The molecule has 0 spiro atoms. The number of anilines is 1. The summed E-state index contributed by atoms with van der Waals surface area (Å²) in [5.41, 5.74) is 2.64. The minimum Gasteiger partial charge on any atom is -0.343 e. The fourth-order valence-corrected chi connectivity index (χ4v) is 4.86. The van der Waals surface area contributed by atoms with Gasteiger partial charge < -0.3 is 16.0 Å². The average Bonchev–Trinajstić information content (AvgIpc) is 2.92. The van der Waals surface area contributed by atoms with E-state index in [4.69, 9.17) is 0 Å². The first kappa shape index (κ1) is 31.3. The van der Waals surface area contributed by atoms with E-state index in [0.29, 0.717) is 12.6 Å². The van der Waals surface area contributed by atoms with E-state index < -0.39 is 41.7 Å². The van der Waals surface area contributed by atoms with E-state index in [1.807, 2.05) is 30.5 Å². The lowest BCUT2D eigenvalue weighted by atomic mass is 9.95. The van der Waals surface area contributed by atoms with Gasteiger partial charge in [0.05, 0.1) is 23.4 Å². The third-order valence-electron chi connectivity index (χ3n) is 6.48. The zero-order valence-electron chi connectivity index (χ0n) is 22.9. The Labute approximate surface area is 236 Å². The molecular formula is C28H36F3N5O3S. The van der Waals surface area contributed by atoms with Crippen molar-refractivity contribution in [1.82, 2.24) is 21.1 Å². The number of nitrogens with zero attached hydrogens (tertiary/aromatic N) is 1. The highest BCUT2D eigenvalue weighted by Gasteiger charge is 2.32. The first-order chi connectivity index (χ1) is 19.0. The predicted octanol–water partition coefficient (Wildman–Crippen LogP) is 5.55. The van der Waals surface area contributed by atoms with E-state index in [1.165, 1.54) is 0 Å². The highest BCUT2D eigenvalue weighted by Crippen LogP contribution is 2.32. The van der Waals surface area contributed by atoms with E-state index in [1.54, 1.807) is 30.6 Å². The van der Waals surface area contributed by atoms with Crippen molar-refractivity contribution >= 4 is 35.3 Å². The van der Waals surface area contributed by atoms with Crippen LogP contribution in [0.25, 0.3) is 0 Å². The predicted molar refractivity (Wildman–Crippen MR) is 150 cm³/mol. The summed E-state index contributed by atoms with van der Waals surface area (Å²) in [6.45, 7) is 3.41. The van der Waals surface area contributed by atoms with Gasteiger partial charge in [-0.25, -0.2) is 10.2 Å². The standard InChI is InChI=1S/C28H36F3N5O3S/c1-18(2)34-27(39)35-24-14-11-20(28(29,30)31)15-23(24)26(38)32-17-25(37)36(21-7-5-4-6-8-21)33-16-19-9-12-22(40-3)13-10-19/h9-15,18,21,33H,4-8,16-17H2,1-3H3,(H,32,38)(H2,34,35,39). The van der Waals surface area contributed by atoms with Crippen molar-refractivity contribution in [1.29, 1.82) is 0 Å². The van der Waals surface area contributed by atoms with Crippen molar-refractivity contribution in [2.24, 2.45) is 0 Å². The maximum Gasteiger partial charge on any atom is 0.416 e. The maximum absolute atomic E-state index is 13.4. The van der Waals surface area contributed by atoms with E-state index in [9.17, 15) is 27.6 Å². The van der Waals surface area contributed by atoms with Crippen molar-refractivity contribution in [2.45, 2.75) is 75.7 Å². The van der Waals surface area contributed by atoms with Crippen molar-refractivity contribution in [2.75, 3.05) is 18.1 Å². The van der Waals surface area contributed by atoms with Crippen molar-refractivity contribution in [3.8, 4) is 0 Å². The molecule has 3 rings (SSSR count). The Bertz CT molecular complexity index is 1170. The summed E-state index contributed by atoms with van der Waals surface area (Å²) in [4.78, 5) is 39.7. The van der Waals surface area contributed by atoms with Crippen LogP contribution in [0.4, 0.5) is 23.7 Å². The van der Waals surface area contributed by atoms with Crippen LogP contribution in [-0.4, -0.2) is 47.7 Å². The highest BCUT2D eigenvalue weighted by molar-refractivity contribution is 7.98. The molecule has 2 aromatic carbocycles. The molecule has 0 bridgehead atoms. The van der Waals surface area contributed by atoms with Crippen LogP contribution in [-0.2, 0) is 17.5 Å². The zero-order valence-corrected chi connectivity index (χ0v) is 23.7. The summed E-state index contributed by atoms with van der Waals surface area (Å²) in [6.07, 6.45) is 1.95. The van der Waals surface area contributed by atoms with Gasteiger partial charge in [0.15, 0.2) is 0 Å². The highest BCUT2D eigenvalue weighted by atomic mass is 32.2. The molecule has 218 valence electrons. The van der Waals surface area contributed by atoms with E-state index in [-0.39, 0.29) is 17.8 Å². The number of hydrazine groups is 1. The Morgan fingerprint density at radius 2 is 1.70 bits per heavy atom. The second-order valence-electron chi connectivity index (χ2n) is 9.93. The molecule has 0 radical (unpaired) electrons. The number of rotatable bonds is 10. The van der Waals surface area contributed by atoms with Crippen LogP contribution >= 0.6 is 11.8 Å². The van der Waals surface area contributed by atoms with Crippen LogP contribution in [0.2, 0.25) is 0 Å². The molecule has 2 aromatic rings. The SMILES string of the molecule is CSc1ccc(CNN(C(=O)CNC(=O)c2cc(C(F)(F)F)ccc2NC(=O)NC(C)C)C2CCCCC2)cc1. The molecule has 0 aliphatic heterocycles. The number of halogens is 3. The van der Waals surface area contributed by atoms with Gasteiger partial charge in [-0.05, 0) is 68.8 Å². The summed E-state index contributed by atoms with van der Waals surface area (Å²) >= 11 is 1.63. The number of amides is 4. The van der Waals surface area contributed by atoms with Gasteiger partial charge in [-0.3, -0.25) is 14.6 Å². The van der Waals surface area contributed by atoms with Crippen LogP contribution in [0.15, 0.2) is 47.4 Å². The Morgan fingerprint density at radius 3 is 2.30 bits per heavy atom. The van der Waals surface area contributed by atoms with Crippen LogP contribution in [0.5, 0.6) is 0 Å². The van der Waals surface area contributed by atoms with Gasteiger partial charge in [0.25, 0.3) is 11.8 Å². The first-order valence-corrected chi connectivity index (χ1v) is 14.5. The molecule has 0 heterocycles. The molecule has 0 unspecified atom stereocenters. The van der Waals surface area contributed by atoms with Crippen LogP contribution in [0, 0.1) is 0 Å². The lowest BCUT2D eigenvalue weighted by Crippen LogP contribution is -2.53. The van der Waals surface area contributed by atoms with E-state index in [2.05, 4.69) is 21.4 Å². The number of carbonyl (C=O) groups excluding carboxylic acids is 3. The monoisotopic (exact) mass is 579 g/mol. The molecule has 0 saturated heterocycles. The molecule has 12 heteroatoms. The number of hydrogen-bond acceptors (Lipinski definition) is 5. The molecule has 1 fully saturated rings. The van der Waals surface area contributed by atoms with Gasteiger partial charge >= 0.3 is 12.2 Å². The van der Waals surface area contributed by atoms with E-state index in [0.717, 1.165) is 54.7 Å². The topological polar surface area (TPSA) is 103 Å². The molecule has 0 aromatic heterocycles. The molecule has 40 heavy (non-hydrogen) atoms. The van der Waals surface area contributed by atoms with Gasteiger partial charge in [0.2, 0.25) is 0 Å². The molecule has 1 saturated carbocycles. The molecule has 8 nitrogen and oxygen atoms in total. The van der Waals surface area contributed by atoms with Crippen molar-refractivity contribution in [3.05, 3.63) is 59.2 Å². The maximum atomic E-state index is 13.4. The Kier molecular flexibility index (Phi) is 11.3. The summed E-state index contributed by atoms with van der Waals surface area (Å²) in [5.74, 6) is -1.31. The zero-order chi connectivity index (χ0) is 29.3. The summed E-state index contributed by atoms with van der Waals surface area (Å²) in [6, 6.07) is 9.46. The quantitative estimate of drug-likeness (QED) is 0.218. The summed E-state index contributed by atoms with van der Waals surface area (Å²) in [7, 11) is 0. The number of benzene rings is 2. The number of thioether (sulfide) groups is 1. The number of alkyl halides is 3. The molecule has 4 amide bonds. The lowest BCUT2D eigenvalue weighted by Gasteiger charge is -2.34. The minimum atomic E-state index is -4.70.